The Kier molecular flexibility index (Phi) is 5.95. The maximum absolute atomic E-state index is 13.6. The topological polar surface area (TPSA) is 72.3 Å². The van der Waals surface area contributed by atoms with Gasteiger partial charge in [0.15, 0.2) is 5.78 Å². The molecule has 186 valence electrons. The van der Waals surface area contributed by atoms with Gasteiger partial charge in [-0.15, -0.1) is 0 Å². The number of benzene rings is 3. The highest BCUT2D eigenvalue weighted by Crippen LogP contribution is 2.34. The van der Waals surface area contributed by atoms with Gasteiger partial charge in [0, 0.05) is 23.0 Å². The van der Waals surface area contributed by atoms with Gasteiger partial charge in [-0.2, -0.15) is 13.2 Å². The molecule has 0 bridgehead atoms. The third-order valence-corrected chi connectivity index (χ3v) is 6.45. The van der Waals surface area contributed by atoms with Crippen LogP contribution in [-0.2, 0) is 12.7 Å². The third-order valence-electron chi connectivity index (χ3n) is 6.12. The molecule has 6 nitrogen and oxygen atoms in total. The highest BCUT2D eigenvalue weighted by molar-refractivity contribution is 6.35. The number of hydrogen-bond acceptors (Lipinski definition) is 4. The lowest BCUT2D eigenvalue weighted by Crippen LogP contribution is -2.30. The molecule has 1 aromatic heterocycles. The van der Waals surface area contributed by atoms with Crippen LogP contribution in [0.5, 0.6) is 0 Å². The van der Waals surface area contributed by atoms with Gasteiger partial charge in [0.2, 0.25) is 0 Å². The van der Waals surface area contributed by atoms with Crippen LogP contribution in [0.1, 0.15) is 53.7 Å². The number of hydrogen-bond donors (Lipinski definition) is 0. The Morgan fingerprint density at radius 1 is 0.919 bits per heavy atom. The first-order chi connectivity index (χ1) is 17.6. The van der Waals surface area contributed by atoms with Crippen molar-refractivity contribution in [1.82, 2.24) is 14.5 Å². The van der Waals surface area contributed by atoms with E-state index in [1.807, 2.05) is 0 Å². The number of ketones is 1. The Bertz CT molecular complexity index is 1560. The Morgan fingerprint density at radius 2 is 1.54 bits per heavy atom. The molecule has 0 radical (unpaired) electrons. The second-order valence-corrected chi connectivity index (χ2v) is 8.84. The molecule has 2 amide bonds. The normalized spacial score (nSPS) is 13.3. The minimum atomic E-state index is -4.69. The van der Waals surface area contributed by atoms with Gasteiger partial charge in [-0.25, -0.2) is 4.98 Å². The number of halogens is 4. The van der Waals surface area contributed by atoms with Crippen LogP contribution in [0.25, 0.3) is 5.69 Å². The molecule has 0 N–H and O–H groups in total. The summed E-state index contributed by atoms with van der Waals surface area (Å²) in [5, 5.41) is 0.0875. The van der Waals surface area contributed by atoms with Crippen LogP contribution in [0.3, 0.4) is 0 Å². The van der Waals surface area contributed by atoms with E-state index in [1.165, 1.54) is 29.0 Å². The molecular weight excluding hydrogens is 507 g/mol. The summed E-state index contributed by atoms with van der Waals surface area (Å²) in [5.74, 6) is -1.54. The number of imidazole rings is 1. The first kappa shape index (κ1) is 24.5. The molecule has 10 heteroatoms. The Labute approximate surface area is 213 Å². The fourth-order valence-corrected chi connectivity index (χ4v) is 4.55. The van der Waals surface area contributed by atoms with Gasteiger partial charge in [0.25, 0.3) is 11.8 Å². The van der Waals surface area contributed by atoms with Crippen molar-refractivity contribution in [2.24, 2.45) is 0 Å². The minimum Gasteiger partial charge on any atom is -0.299 e. The summed E-state index contributed by atoms with van der Waals surface area (Å²) in [4.78, 5) is 44.6. The van der Waals surface area contributed by atoms with Crippen molar-refractivity contribution >= 4 is 29.2 Å². The second-order valence-electron chi connectivity index (χ2n) is 8.43. The van der Waals surface area contributed by atoms with Gasteiger partial charge in [0.1, 0.15) is 5.82 Å². The maximum Gasteiger partial charge on any atom is 0.416 e. The van der Waals surface area contributed by atoms with E-state index in [1.54, 1.807) is 43.3 Å². The molecule has 1 aliphatic heterocycles. The summed E-state index contributed by atoms with van der Waals surface area (Å²) >= 11 is 6.18. The predicted molar refractivity (Wildman–Crippen MR) is 129 cm³/mol. The quantitative estimate of drug-likeness (QED) is 0.242. The summed E-state index contributed by atoms with van der Waals surface area (Å²) in [7, 11) is 0. The van der Waals surface area contributed by atoms with E-state index in [4.69, 9.17) is 11.6 Å². The van der Waals surface area contributed by atoms with Crippen molar-refractivity contribution in [3.05, 3.63) is 117 Å². The minimum absolute atomic E-state index is 0.0319. The fraction of sp³-hybridized carbons (Fsp3) is 0.111. The average Bonchev–Trinajstić information content (AvgIpc) is 3.35. The number of alkyl halides is 3. The molecule has 0 unspecified atom stereocenters. The maximum atomic E-state index is 13.6. The zero-order chi connectivity index (χ0) is 26.5. The summed E-state index contributed by atoms with van der Waals surface area (Å²) < 4.78 is 42.2. The monoisotopic (exact) mass is 523 g/mol. The molecule has 0 saturated carbocycles. The van der Waals surface area contributed by atoms with Crippen molar-refractivity contribution in [2.75, 3.05) is 0 Å². The van der Waals surface area contributed by atoms with E-state index >= 15 is 0 Å². The lowest BCUT2D eigenvalue weighted by atomic mass is 9.98. The number of nitrogens with zero attached hydrogens (tertiary/aromatic N) is 3. The molecule has 0 fully saturated rings. The number of carbonyl (C=O) groups excluding carboxylic acids is 3. The van der Waals surface area contributed by atoms with E-state index in [0.717, 1.165) is 17.0 Å². The summed E-state index contributed by atoms with van der Waals surface area (Å²) in [6.45, 7) is 1.40. The Morgan fingerprint density at radius 3 is 2.16 bits per heavy atom. The molecule has 0 aliphatic carbocycles. The smallest absolute Gasteiger partial charge is 0.299 e. The van der Waals surface area contributed by atoms with Crippen LogP contribution in [0.2, 0.25) is 5.02 Å². The zero-order valence-corrected chi connectivity index (χ0v) is 20.0. The van der Waals surface area contributed by atoms with Crippen molar-refractivity contribution < 1.29 is 27.6 Å². The SMILES string of the molecule is Cc1cnc(CN2C(=O)c3ccccc3C2=O)n1-c1ccc(C(F)(F)F)cc1C(=O)c1ccccc1Cl. The number of rotatable bonds is 5. The molecular formula is C27H17ClF3N3O3. The van der Waals surface area contributed by atoms with Gasteiger partial charge >= 0.3 is 6.18 Å². The van der Waals surface area contributed by atoms with Crippen LogP contribution >= 0.6 is 11.6 Å². The van der Waals surface area contributed by atoms with E-state index in [2.05, 4.69) is 4.98 Å². The van der Waals surface area contributed by atoms with Gasteiger partial charge in [-0.05, 0) is 49.4 Å². The largest absolute Gasteiger partial charge is 0.416 e. The standard InChI is InChI=1S/C27H17ClF3N3O3/c1-15-13-32-23(14-33-25(36)17-6-2-3-7-18(17)26(33)37)34(15)22-11-10-16(27(29,30)31)12-20(22)24(35)19-8-4-5-9-21(19)28/h2-13H,14H2,1H3. The molecule has 4 aromatic rings. The number of carbonyl (C=O) groups is 3. The summed E-state index contributed by atoms with van der Waals surface area (Å²) in [5.41, 5.74) is -0.125. The predicted octanol–water partition coefficient (Wildman–Crippen LogP) is 5.88. The molecule has 1 aliphatic rings. The third kappa shape index (κ3) is 4.21. The van der Waals surface area contributed by atoms with Crippen LogP contribution < -0.4 is 0 Å². The molecule has 2 heterocycles. The lowest BCUT2D eigenvalue weighted by Gasteiger charge is -2.19. The van der Waals surface area contributed by atoms with Gasteiger partial charge in [0.05, 0.1) is 33.9 Å². The Hall–Kier alpha value is -4.24. The zero-order valence-electron chi connectivity index (χ0n) is 19.2. The van der Waals surface area contributed by atoms with Gasteiger partial charge in [-0.3, -0.25) is 23.9 Å². The van der Waals surface area contributed by atoms with Crippen LogP contribution in [-0.4, -0.2) is 32.0 Å². The van der Waals surface area contributed by atoms with E-state index in [0.29, 0.717) is 5.69 Å². The number of imide groups is 1. The Balaban J connectivity index is 1.63. The number of aryl methyl sites for hydroxylation is 1. The van der Waals surface area contributed by atoms with Gasteiger partial charge < -0.3 is 0 Å². The summed E-state index contributed by atoms with van der Waals surface area (Å²) in [6, 6.07) is 15.2. The van der Waals surface area contributed by atoms with E-state index in [9.17, 15) is 27.6 Å². The average molecular weight is 524 g/mol. The lowest BCUT2D eigenvalue weighted by molar-refractivity contribution is -0.137. The summed E-state index contributed by atoms with van der Waals surface area (Å²) in [6.07, 6.45) is -3.24. The molecule has 37 heavy (non-hydrogen) atoms. The van der Waals surface area contributed by atoms with Gasteiger partial charge in [-0.1, -0.05) is 35.9 Å². The first-order valence-electron chi connectivity index (χ1n) is 11.1. The molecule has 5 rings (SSSR count). The van der Waals surface area contributed by atoms with Crippen LogP contribution in [0.15, 0.2) is 72.9 Å². The molecule has 0 saturated heterocycles. The van der Waals surface area contributed by atoms with Crippen molar-refractivity contribution in [3.63, 3.8) is 0 Å². The van der Waals surface area contributed by atoms with Crippen molar-refractivity contribution in [1.29, 1.82) is 0 Å². The van der Waals surface area contributed by atoms with Crippen LogP contribution in [0.4, 0.5) is 13.2 Å². The first-order valence-corrected chi connectivity index (χ1v) is 11.4. The second kappa shape index (κ2) is 9.01. The van der Waals surface area contributed by atoms with E-state index < -0.39 is 29.3 Å². The highest BCUT2D eigenvalue weighted by Gasteiger charge is 2.37. The van der Waals surface area contributed by atoms with Crippen molar-refractivity contribution in [3.8, 4) is 5.69 Å². The number of amides is 2. The molecule has 0 spiro atoms. The van der Waals surface area contributed by atoms with Crippen LogP contribution in [0, 0.1) is 6.92 Å². The molecule has 0 atom stereocenters. The van der Waals surface area contributed by atoms with Crippen molar-refractivity contribution in [2.45, 2.75) is 19.6 Å². The highest BCUT2D eigenvalue weighted by atomic mass is 35.5. The molecule has 3 aromatic carbocycles. The fourth-order valence-electron chi connectivity index (χ4n) is 4.33. The number of aromatic nitrogens is 2. The van der Waals surface area contributed by atoms with E-state index in [-0.39, 0.29) is 45.3 Å². The number of fused-ring (bicyclic) bond motifs is 1.